The second kappa shape index (κ2) is 5.02. The first-order valence-electron chi connectivity index (χ1n) is 7.67. The Bertz CT molecular complexity index is 846. The van der Waals surface area contributed by atoms with Gasteiger partial charge in [-0.2, -0.15) is 0 Å². The van der Waals surface area contributed by atoms with Gasteiger partial charge in [-0.1, -0.05) is 35.9 Å². The topological polar surface area (TPSA) is 36.1 Å². The number of para-hydroxylation sites is 1. The molecule has 0 fully saturated rings. The Balaban J connectivity index is 1.64. The van der Waals surface area contributed by atoms with E-state index in [1.165, 1.54) is 22.2 Å². The van der Waals surface area contributed by atoms with Crippen molar-refractivity contribution in [3.63, 3.8) is 0 Å². The minimum atomic E-state index is 0.115. The van der Waals surface area contributed by atoms with Gasteiger partial charge >= 0.3 is 0 Å². The lowest BCUT2D eigenvalue weighted by atomic mass is 10.0. The summed E-state index contributed by atoms with van der Waals surface area (Å²) in [5, 5.41) is 1.29. The third-order valence-electron chi connectivity index (χ3n) is 4.47. The zero-order valence-electron chi connectivity index (χ0n) is 12.6. The molecule has 0 saturated heterocycles. The largest absolute Gasteiger partial charge is 0.357 e. The zero-order valence-corrected chi connectivity index (χ0v) is 12.6. The van der Waals surface area contributed by atoms with E-state index in [4.69, 9.17) is 0 Å². The van der Waals surface area contributed by atoms with Gasteiger partial charge in [-0.25, -0.2) is 0 Å². The third-order valence-corrected chi connectivity index (χ3v) is 4.47. The number of benzene rings is 2. The average Bonchev–Trinajstić information content (AvgIpc) is 2.92. The van der Waals surface area contributed by atoms with Crippen LogP contribution in [0.2, 0.25) is 0 Å². The number of rotatable bonds is 1. The quantitative estimate of drug-likeness (QED) is 0.729. The van der Waals surface area contributed by atoms with Crippen LogP contribution in [-0.2, 0) is 13.0 Å². The normalized spacial score (nSPS) is 14.1. The van der Waals surface area contributed by atoms with Gasteiger partial charge < -0.3 is 9.88 Å². The molecule has 0 atom stereocenters. The lowest BCUT2D eigenvalue weighted by Crippen LogP contribution is -2.35. The highest BCUT2D eigenvalue weighted by molar-refractivity contribution is 5.94. The summed E-state index contributed by atoms with van der Waals surface area (Å²) in [7, 11) is 0. The number of aromatic amines is 1. The summed E-state index contributed by atoms with van der Waals surface area (Å²) in [6.45, 7) is 3.48. The molecule has 3 nitrogen and oxygen atoms in total. The summed E-state index contributed by atoms with van der Waals surface area (Å²) in [5.74, 6) is 0.115. The lowest BCUT2D eigenvalue weighted by molar-refractivity contribution is 0.0733. The molecule has 1 aliphatic heterocycles. The molecule has 0 spiro atoms. The molecule has 2 aromatic carbocycles. The highest BCUT2D eigenvalue weighted by Gasteiger charge is 2.24. The van der Waals surface area contributed by atoms with E-state index in [1.54, 1.807) is 0 Å². The Morgan fingerprint density at radius 2 is 1.86 bits per heavy atom. The van der Waals surface area contributed by atoms with Crippen LogP contribution in [0.1, 0.15) is 27.2 Å². The SMILES string of the molecule is Cc1ccc(C(=O)N2CCc3c([nH]c4ccccc34)C2)cc1. The molecule has 1 aromatic heterocycles. The minimum Gasteiger partial charge on any atom is -0.357 e. The van der Waals surface area contributed by atoms with Gasteiger partial charge in [0.15, 0.2) is 0 Å². The van der Waals surface area contributed by atoms with Crippen molar-refractivity contribution in [3.8, 4) is 0 Å². The number of hydrogen-bond acceptors (Lipinski definition) is 1. The summed E-state index contributed by atoms with van der Waals surface area (Å²) in [4.78, 5) is 18.0. The second-order valence-electron chi connectivity index (χ2n) is 5.97. The van der Waals surface area contributed by atoms with E-state index < -0.39 is 0 Å². The molecule has 1 N–H and O–H groups in total. The van der Waals surface area contributed by atoms with Crippen molar-refractivity contribution in [1.82, 2.24) is 9.88 Å². The molecule has 3 heteroatoms. The van der Waals surface area contributed by atoms with Gasteiger partial charge in [0.2, 0.25) is 0 Å². The van der Waals surface area contributed by atoms with Gasteiger partial charge in [0, 0.05) is 28.7 Å². The summed E-state index contributed by atoms with van der Waals surface area (Å²) in [5.41, 5.74) is 5.65. The van der Waals surface area contributed by atoms with Crippen LogP contribution in [0, 0.1) is 6.92 Å². The maximum absolute atomic E-state index is 12.6. The number of nitrogens with zero attached hydrogens (tertiary/aromatic N) is 1. The molecular weight excluding hydrogens is 272 g/mol. The molecule has 2 heterocycles. The molecule has 22 heavy (non-hydrogen) atoms. The van der Waals surface area contributed by atoms with E-state index in [2.05, 4.69) is 23.2 Å². The Hall–Kier alpha value is -2.55. The summed E-state index contributed by atoms with van der Waals surface area (Å²) >= 11 is 0. The van der Waals surface area contributed by atoms with Crippen LogP contribution in [0.25, 0.3) is 10.9 Å². The Labute approximate surface area is 129 Å². The number of aryl methyl sites for hydroxylation is 1. The predicted molar refractivity (Wildman–Crippen MR) is 87.9 cm³/mol. The number of carbonyl (C=O) groups excluding carboxylic acids is 1. The van der Waals surface area contributed by atoms with E-state index in [9.17, 15) is 4.79 Å². The number of aromatic nitrogens is 1. The first kappa shape index (κ1) is 13.1. The molecule has 4 rings (SSSR count). The van der Waals surface area contributed by atoms with Gasteiger partial charge in [0.1, 0.15) is 0 Å². The van der Waals surface area contributed by atoms with E-state index >= 15 is 0 Å². The lowest BCUT2D eigenvalue weighted by Gasteiger charge is -2.27. The van der Waals surface area contributed by atoms with Crippen LogP contribution in [0.5, 0.6) is 0 Å². The van der Waals surface area contributed by atoms with Gasteiger partial charge in [-0.05, 0) is 37.1 Å². The van der Waals surface area contributed by atoms with E-state index in [1.807, 2.05) is 42.2 Å². The number of hydrogen-bond donors (Lipinski definition) is 1. The Kier molecular flexibility index (Phi) is 3.00. The zero-order chi connectivity index (χ0) is 15.1. The molecule has 0 saturated carbocycles. The van der Waals surface area contributed by atoms with Gasteiger partial charge in [0.05, 0.1) is 6.54 Å². The summed E-state index contributed by atoms with van der Waals surface area (Å²) < 4.78 is 0. The molecule has 0 bridgehead atoms. The molecule has 110 valence electrons. The fourth-order valence-corrected chi connectivity index (χ4v) is 3.25. The molecule has 0 unspecified atom stereocenters. The summed E-state index contributed by atoms with van der Waals surface area (Å²) in [6, 6.07) is 16.2. The monoisotopic (exact) mass is 290 g/mol. The smallest absolute Gasteiger partial charge is 0.254 e. The van der Waals surface area contributed by atoms with Crippen molar-refractivity contribution in [2.75, 3.05) is 6.54 Å². The Morgan fingerprint density at radius 1 is 1.09 bits per heavy atom. The second-order valence-corrected chi connectivity index (χ2v) is 5.97. The number of fused-ring (bicyclic) bond motifs is 3. The number of nitrogens with one attached hydrogen (secondary N) is 1. The van der Waals surface area contributed by atoms with Crippen molar-refractivity contribution in [2.45, 2.75) is 19.9 Å². The standard InChI is InChI=1S/C19H18N2O/c1-13-6-8-14(9-7-13)19(22)21-11-10-16-15-4-2-3-5-17(15)20-18(16)12-21/h2-9,20H,10-12H2,1H3. The van der Waals surface area contributed by atoms with Crippen LogP contribution >= 0.6 is 0 Å². The van der Waals surface area contributed by atoms with Gasteiger partial charge in [-0.15, -0.1) is 0 Å². The molecule has 3 aromatic rings. The molecular formula is C19H18N2O. The van der Waals surface area contributed by atoms with Crippen LogP contribution < -0.4 is 0 Å². The highest BCUT2D eigenvalue weighted by Crippen LogP contribution is 2.28. The van der Waals surface area contributed by atoms with Crippen LogP contribution in [0.3, 0.4) is 0 Å². The average molecular weight is 290 g/mol. The van der Waals surface area contributed by atoms with Crippen molar-refractivity contribution in [1.29, 1.82) is 0 Å². The molecule has 0 aliphatic carbocycles. The van der Waals surface area contributed by atoms with Crippen molar-refractivity contribution >= 4 is 16.8 Å². The van der Waals surface area contributed by atoms with Gasteiger partial charge in [-0.3, -0.25) is 4.79 Å². The molecule has 1 amide bonds. The van der Waals surface area contributed by atoms with Crippen molar-refractivity contribution < 1.29 is 4.79 Å². The minimum absolute atomic E-state index is 0.115. The first-order valence-corrected chi connectivity index (χ1v) is 7.67. The number of carbonyl (C=O) groups is 1. The number of amides is 1. The van der Waals surface area contributed by atoms with Gasteiger partial charge in [0.25, 0.3) is 5.91 Å². The molecule has 0 radical (unpaired) electrons. The summed E-state index contributed by atoms with van der Waals surface area (Å²) in [6.07, 6.45) is 0.914. The van der Waals surface area contributed by atoms with Crippen LogP contribution in [0.15, 0.2) is 48.5 Å². The first-order chi connectivity index (χ1) is 10.7. The maximum atomic E-state index is 12.6. The molecule has 1 aliphatic rings. The fourth-order valence-electron chi connectivity index (χ4n) is 3.25. The van der Waals surface area contributed by atoms with Crippen molar-refractivity contribution in [2.24, 2.45) is 0 Å². The van der Waals surface area contributed by atoms with Crippen molar-refractivity contribution in [3.05, 3.63) is 70.9 Å². The van der Waals surface area contributed by atoms with Crippen LogP contribution in [-0.4, -0.2) is 22.3 Å². The highest BCUT2D eigenvalue weighted by atomic mass is 16.2. The number of H-pyrrole nitrogens is 1. The van der Waals surface area contributed by atoms with E-state index in [0.29, 0.717) is 6.54 Å². The third kappa shape index (κ3) is 2.10. The fraction of sp³-hybridized carbons (Fsp3) is 0.211. The maximum Gasteiger partial charge on any atom is 0.254 e. The van der Waals surface area contributed by atoms with E-state index in [0.717, 1.165) is 24.0 Å². The van der Waals surface area contributed by atoms with E-state index in [-0.39, 0.29) is 5.91 Å². The Morgan fingerprint density at radius 3 is 2.68 bits per heavy atom. The van der Waals surface area contributed by atoms with Crippen LogP contribution in [0.4, 0.5) is 0 Å². The predicted octanol–water partition coefficient (Wildman–Crippen LogP) is 3.67.